The normalized spacial score (nSPS) is 13.6. The highest BCUT2D eigenvalue weighted by Crippen LogP contribution is 2.18. The van der Waals surface area contributed by atoms with E-state index >= 15 is 0 Å². The molecule has 3 N–H and O–H groups in total. The van der Waals surface area contributed by atoms with Gasteiger partial charge in [0.1, 0.15) is 12.4 Å². The summed E-state index contributed by atoms with van der Waals surface area (Å²) in [4.78, 5) is 21.5. The van der Waals surface area contributed by atoms with Gasteiger partial charge in [0, 0.05) is 12.5 Å². The minimum Gasteiger partial charge on any atom is -0.359 e. The van der Waals surface area contributed by atoms with Crippen LogP contribution in [0.25, 0.3) is 0 Å². The zero-order valence-electron chi connectivity index (χ0n) is 10.5. The molecule has 1 fully saturated rings. The lowest BCUT2D eigenvalue weighted by molar-refractivity contribution is -0.385. The summed E-state index contributed by atoms with van der Waals surface area (Å²) in [6.45, 7) is 0.254. The quantitative estimate of drug-likeness (QED) is 0.393. The van der Waals surface area contributed by atoms with E-state index in [1.54, 1.807) is 0 Å². The molecule has 108 valence electrons. The molecule has 1 aromatic heterocycles. The van der Waals surface area contributed by atoms with Crippen molar-refractivity contribution in [2.45, 2.75) is 31.8 Å². The van der Waals surface area contributed by atoms with Crippen molar-refractivity contribution in [1.82, 2.24) is 25.9 Å². The van der Waals surface area contributed by atoms with Gasteiger partial charge in [-0.3, -0.25) is 30.4 Å². The number of nitro groups is 1. The Morgan fingerprint density at radius 2 is 2.30 bits per heavy atom. The van der Waals surface area contributed by atoms with Crippen molar-refractivity contribution < 1.29 is 9.72 Å². The molecule has 0 aliphatic heterocycles. The Hall–Kier alpha value is -2.23. The van der Waals surface area contributed by atoms with Crippen LogP contribution in [0.4, 0.5) is 5.69 Å². The molecule has 0 spiro atoms. The molecule has 10 heteroatoms. The van der Waals surface area contributed by atoms with Crippen molar-refractivity contribution in [2.75, 3.05) is 0 Å². The summed E-state index contributed by atoms with van der Waals surface area (Å²) in [7, 11) is 0. The number of carbonyl (C=O) groups is 1. The molecule has 0 radical (unpaired) electrons. The Kier molecular flexibility index (Phi) is 4.45. The Morgan fingerprint density at radius 1 is 1.55 bits per heavy atom. The minimum absolute atomic E-state index is 0.0988. The highest BCUT2D eigenvalue weighted by molar-refractivity contribution is 7.80. The predicted octanol–water partition coefficient (Wildman–Crippen LogP) is -0.161. The van der Waals surface area contributed by atoms with Crippen molar-refractivity contribution in [3.05, 3.63) is 22.5 Å². The van der Waals surface area contributed by atoms with Crippen LogP contribution in [-0.4, -0.2) is 31.8 Å². The molecule has 2 rings (SSSR count). The summed E-state index contributed by atoms with van der Waals surface area (Å²) in [5, 5.41) is 17.7. The molecular formula is C10H14N6O3S. The topological polar surface area (TPSA) is 114 Å². The van der Waals surface area contributed by atoms with Gasteiger partial charge in [-0.1, -0.05) is 0 Å². The average Bonchev–Trinajstić information content (AvgIpc) is 3.07. The van der Waals surface area contributed by atoms with E-state index < -0.39 is 4.92 Å². The van der Waals surface area contributed by atoms with Gasteiger partial charge >= 0.3 is 5.69 Å². The fourth-order valence-electron chi connectivity index (χ4n) is 1.42. The van der Waals surface area contributed by atoms with Crippen LogP contribution in [0.3, 0.4) is 0 Å². The third-order valence-electron chi connectivity index (χ3n) is 2.63. The van der Waals surface area contributed by atoms with Crippen LogP contribution < -0.4 is 16.2 Å². The minimum atomic E-state index is -0.535. The number of hydrogen-bond acceptors (Lipinski definition) is 5. The van der Waals surface area contributed by atoms with E-state index in [2.05, 4.69) is 21.3 Å². The van der Waals surface area contributed by atoms with Gasteiger partial charge in [0.25, 0.3) is 0 Å². The van der Waals surface area contributed by atoms with Crippen LogP contribution in [0, 0.1) is 10.1 Å². The molecule has 0 bridgehead atoms. The number of aryl methyl sites for hydroxylation is 1. The van der Waals surface area contributed by atoms with E-state index in [-0.39, 0.29) is 24.6 Å². The molecule has 0 atom stereocenters. The lowest BCUT2D eigenvalue weighted by Gasteiger charge is -2.10. The van der Waals surface area contributed by atoms with Gasteiger partial charge in [0.2, 0.25) is 5.91 Å². The van der Waals surface area contributed by atoms with Crippen LogP contribution in [0.1, 0.15) is 19.3 Å². The summed E-state index contributed by atoms with van der Waals surface area (Å²) >= 11 is 4.97. The van der Waals surface area contributed by atoms with Gasteiger partial charge in [-0.05, 0) is 25.1 Å². The number of carbonyl (C=O) groups excluding carboxylic acids is 1. The van der Waals surface area contributed by atoms with E-state index in [1.165, 1.54) is 10.9 Å². The van der Waals surface area contributed by atoms with Crippen LogP contribution in [0.15, 0.2) is 12.4 Å². The first-order valence-corrected chi connectivity index (χ1v) is 6.47. The third kappa shape index (κ3) is 4.46. The molecule has 1 aliphatic rings. The lowest BCUT2D eigenvalue weighted by atomic mass is 10.4. The van der Waals surface area contributed by atoms with E-state index in [0.717, 1.165) is 19.0 Å². The molecule has 1 amide bonds. The van der Waals surface area contributed by atoms with Gasteiger partial charge < -0.3 is 5.32 Å². The number of thiocarbonyl (C=S) groups is 1. The predicted molar refractivity (Wildman–Crippen MR) is 73.5 cm³/mol. The first-order valence-electron chi connectivity index (χ1n) is 6.07. The smallest absolute Gasteiger partial charge is 0.306 e. The summed E-state index contributed by atoms with van der Waals surface area (Å²) in [6, 6.07) is 0.413. The van der Waals surface area contributed by atoms with E-state index in [1.807, 2.05) is 0 Å². The highest BCUT2D eigenvalue weighted by Gasteiger charge is 2.21. The number of nitrogens with one attached hydrogen (secondary N) is 3. The molecule has 0 aromatic carbocycles. The van der Waals surface area contributed by atoms with Gasteiger partial charge in [-0.2, -0.15) is 5.10 Å². The summed E-state index contributed by atoms with van der Waals surface area (Å²) in [5.74, 6) is -0.275. The molecular weight excluding hydrogens is 284 g/mol. The van der Waals surface area contributed by atoms with E-state index in [4.69, 9.17) is 12.2 Å². The standard InChI is InChI=1S/C10H14N6O3S/c17-9(13-14-10(20)12-7-1-2-7)3-4-15-6-8(5-11-15)16(18)19/h5-7H,1-4H2,(H,13,17)(H2,12,14,20). The lowest BCUT2D eigenvalue weighted by Crippen LogP contribution is -2.47. The highest BCUT2D eigenvalue weighted by atomic mass is 32.1. The molecule has 1 aliphatic carbocycles. The summed E-state index contributed by atoms with van der Waals surface area (Å²) < 4.78 is 1.35. The SMILES string of the molecule is O=C(CCn1cc([N+](=O)[O-])cn1)NNC(=S)NC1CC1. The van der Waals surface area contributed by atoms with E-state index in [9.17, 15) is 14.9 Å². The Bertz CT molecular complexity index is 527. The Morgan fingerprint density at radius 3 is 2.90 bits per heavy atom. The largest absolute Gasteiger partial charge is 0.359 e. The fraction of sp³-hybridized carbons (Fsp3) is 0.500. The first kappa shape index (κ1) is 14.2. The zero-order valence-corrected chi connectivity index (χ0v) is 11.4. The van der Waals surface area contributed by atoms with Crippen LogP contribution in [0.2, 0.25) is 0 Å². The maximum atomic E-state index is 11.5. The number of hydrazine groups is 1. The summed E-state index contributed by atoms with van der Waals surface area (Å²) in [6.07, 6.45) is 4.74. The second-order valence-corrected chi connectivity index (χ2v) is 4.80. The van der Waals surface area contributed by atoms with Gasteiger partial charge in [0.05, 0.1) is 11.5 Å². The molecule has 9 nitrogen and oxygen atoms in total. The van der Waals surface area contributed by atoms with Crippen molar-refractivity contribution in [3.8, 4) is 0 Å². The monoisotopic (exact) mass is 298 g/mol. The van der Waals surface area contributed by atoms with Gasteiger partial charge in [-0.25, -0.2) is 0 Å². The van der Waals surface area contributed by atoms with Crippen molar-refractivity contribution >= 4 is 28.9 Å². The van der Waals surface area contributed by atoms with Crippen LogP contribution in [0.5, 0.6) is 0 Å². The van der Waals surface area contributed by atoms with E-state index in [0.29, 0.717) is 11.2 Å². The van der Waals surface area contributed by atoms with Gasteiger partial charge in [-0.15, -0.1) is 0 Å². The molecule has 20 heavy (non-hydrogen) atoms. The van der Waals surface area contributed by atoms with Crippen molar-refractivity contribution in [2.24, 2.45) is 0 Å². The number of hydrogen-bond donors (Lipinski definition) is 3. The molecule has 0 saturated heterocycles. The van der Waals surface area contributed by atoms with Crippen LogP contribution in [-0.2, 0) is 11.3 Å². The number of rotatable bonds is 5. The fourth-order valence-corrected chi connectivity index (χ4v) is 1.64. The van der Waals surface area contributed by atoms with Crippen molar-refractivity contribution in [3.63, 3.8) is 0 Å². The van der Waals surface area contributed by atoms with Crippen molar-refractivity contribution in [1.29, 1.82) is 0 Å². The molecule has 1 heterocycles. The Balaban J connectivity index is 1.65. The average molecular weight is 298 g/mol. The Labute approximate surface area is 119 Å². The maximum Gasteiger partial charge on any atom is 0.306 e. The second kappa shape index (κ2) is 6.28. The second-order valence-electron chi connectivity index (χ2n) is 4.39. The van der Waals surface area contributed by atoms with Gasteiger partial charge in [0.15, 0.2) is 5.11 Å². The van der Waals surface area contributed by atoms with Crippen LogP contribution >= 0.6 is 12.2 Å². The molecule has 1 aromatic rings. The molecule has 1 saturated carbocycles. The zero-order chi connectivity index (χ0) is 14.5. The first-order chi connectivity index (χ1) is 9.54. The number of nitrogens with zero attached hydrogens (tertiary/aromatic N) is 3. The third-order valence-corrected chi connectivity index (χ3v) is 2.85. The summed E-state index contributed by atoms with van der Waals surface area (Å²) in [5.41, 5.74) is 4.95. The number of amides is 1. The maximum absolute atomic E-state index is 11.5. The molecule has 0 unspecified atom stereocenters. The number of aromatic nitrogens is 2.